The average molecular weight is 511 g/mol. The van der Waals surface area contributed by atoms with Crippen LogP contribution >= 0.6 is 0 Å². The minimum Gasteiger partial charge on any atom is -0.481 e. The zero-order valence-corrected chi connectivity index (χ0v) is 20.5. The smallest absolute Gasteiger partial charge is 0.326 e. The third-order valence-corrected chi connectivity index (χ3v) is 4.75. The number of rotatable bonds is 9. The summed E-state index contributed by atoms with van der Waals surface area (Å²) in [5.74, 6) is -2.64. The SMILES string of the molecule is Nc1nc2c(c(=O)[nH]1)NC(CNc1ccc(C(=O)NC(CCC(=O)O)C(=O)O)cc1)CN2.[Zn]. The molecule has 13 nitrogen and oxygen atoms in total. The van der Waals surface area contributed by atoms with E-state index in [0.717, 1.165) is 0 Å². The molecule has 2 aromatic rings. The quantitative estimate of drug-likeness (QED) is 0.205. The third kappa shape index (κ3) is 6.91. The third-order valence-electron chi connectivity index (χ3n) is 4.75. The Morgan fingerprint density at radius 2 is 1.91 bits per heavy atom. The van der Waals surface area contributed by atoms with E-state index in [2.05, 4.69) is 31.2 Å². The van der Waals surface area contributed by atoms with Crippen LogP contribution in [0, 0.1) is 0 Å². The number of carboxylic acids is 2. The Morgan fingerprint density at radius 1 is 1.21 bits per heavy atom. The Morgan fingerprint density at radius 3 is 2.55 bits per heavy atom. The number of aromatic nitrogens is 2. The molecule has 0 saturated carbocycles. The van der Waals surface area contributed by atoms with Gasteiger partial charge in [0.05, 0.1) is 6.04 Å². The number of carboxylic acid groups (broad SMARTS) is 2. The van der Waals surface area contributed by atoms with Gasteiger partial charge in [0, 0.05) is 50.2 Å². The predicted octanol–water partition coefficient (Wildman–Crippen LogP) is -0.284. The van der Waals surface area contributed by atoms with Crippen molar-refractivity contribution in [3.63, 3.8) is 0 Å². The van der Waals surface area contributed by atoms with Crippen molar-refractivity contribution in [2.24, 2.45) is 0 Å². The molecular formula is C19H23N7O6Zn. The minimum atomic E-state index is -1.30. The fourth-order valence-electron chi connectivity index (χ4n) is 3.10. The maximum absolute atomic E-state index is 12.3. The number of carbonyl (C=O) groups excluding carboxylic acids is 1. The molecular weight excluding hydrogens is 488 g/mol. The molecule has 0 radical (unpaired) electrons. The van der Waals surface area contributed by atoms with Crippen molar-refractivity contribution >= 4 is 41.0 Å². The molecule has 172 valence electrons. The van der Waals surface area contributed by atoms with Crippen LogP contribution in [0.4, 0.5) is 23.1 Å². The van der Waals surface area contributed by atoms with Crippen LogP contribution in [0.1, 0.15) is 23.2 Å². The van der Waals surface area contributed by atoms with Crippen LogP contribution in [0.2, 0.25) is 0 Å². The van der Waals surface area contributed by atoms with Crippen molar-refractivity contribution in [3.8, 4) is 0 Å². The summed E-state index contributed by atoms with van der Waals surface area (Å²) in [6, 6.07) is 4.93. The minimum absolute atomic E-state index is 0. The summed E-state index contributed by atoms with van der Waals surface area (Å²) in [6.07, 6.45) is -0.587. The maximum Gasteiger partial charge on any atom is 0.326 e. The molecule has 3 rings (SSSR count). The van der Waals surface area contributed by atoms with Crippen LogP contribution in [0.15, 0.2) is 29.1 Å². The molecule has 0 saturated heterocycles. The summed E-state index contributed by atoms with van der Waals surface area (Å²) in [7, 11) is 0. The molecule has 1 aliphatic rings. The number of hydrogen-bond acceptors (Lipinski definition) is 9. The molecule has 9 N–H and O–H groups in total. The van der Waals surface area contributed by atoms with Gasteiger partial charge in [-0.3, -0.25) is 19.4 Å². The first-order chi connectivity index (χ1) is 15.2. The van der Waals surface area contributed by atoms with Gasteiger partial charge in [0.25, 0.3) is 11.5 Å². The van der Waals surface area contributed by atoms with E-state index >= 15 is 0 Å². The van der Waals surface area contributed by atoms with Gasteiger partial charge in [0.15, 0.2) is 5.82 Å². The number of carbonyl (C=O) groups is 3. The number of anilines is 4. The van der Waals surface area contributed by atoms with E-state index in [0.29, 0.717) is 30.3 Å². The van der Waals surface area contributed by atoms with E-state index in [1.165, 1.54) is 12.1 Å². The number of aromatic amines is 1. The number of nitrogen functional groups attached to an aromatic ring is 1. The largest absolute Gasteiger partial charge is 0.481 e. The van der Waals surface area contributed by atoms with Gasteiger partial charge in [0.2, 0.25) is 5.95 Å². The first kappa shape index (κ1) is 25.6. The van der Waals surface area contributed by atoms with E-state index in [9.17, 15) is 19.2 Å². The maximum atomic E-state index is 12.3. The molecule has 1 amide bonds. The van der Waals surface area contributed by atoms with Crippen LogP contribution in [0.25, 0.3) is 0 Å². The number of benzene rings is 1. The predicted molar refractivity (Wildman–Crippen MR) is 116 cm³/mol. The number of H-pyrrole nitrogens is 1. The van der Waals surface area contributed by atoms with Gasteiger partial charge in [0.1, 0.15) is 11.7 Å². The van der Waals surface area contributed by atoms with Crippen LogP contribution in [-0.4, -0.2) is 63.2 Å². The number of nitrogens with one attached hydrogen (secondary N) is 5. The number of fused-ring (bicyclic) bond motifs is 1. The number of hydrogen-bond donors (Lipinski definition) is 8. The van der Waals surface area contributed by atoms with Crippen molar-refractivity contribution in [1.82, 2.24) is 15.3 Å². The van der Waals surface area contributed by atoms with Gasteiger partial charge in [-0.1, -0.05) is 0 Å². The fourth-order valence-corrected chi connectivity index (χ4v) is 3.10. The number of nitrogens with zero attached hydrogens (tertiary/aromatic N) is 1. The number of amides is 1. The Bertz CT molecular complexity index is 1080. The molecule has 2 unspecified atom stereocenters. The van der Waals surface area contributed by atoms with E-state index in [1.54, 1.807) is 12.1 Å². The van der Waals surface area contributed by atoms with Crippen molar-refractivity contribution in [2.75, 3.05) is 34.8 Å². The zero-order valence-electron chi connectivity index (χ0n) is 17.6. The van der Waals surface area contributed by atoms with Crippen molar-refractivity contribution in [3.05, 3.63) is 40.2 Å². The fraction of sp³-hybridized carbons (Fsp3) is 0.316. The molecule has 14 heteroatoms. The summed E-state index contributed by atoms with van der Waals surface area (Å²) in [5.41, 5.74) is 6.40. The molecule has 0 bridgehead atoms. The van der Waals surface area contributed by atoms with Gasteiger partial charge in [-0.05, 0) is 30.7 Å². The van der Waals surface area contributed by atoms with Gasteiger partial charge in [-0.15, -0.1) is 0 Å². The molecule has 2 heterocycles. The molecule has 0 spiro atoms. The van der Waals surface area contributed by atoms with E-state index in [1.807, 2.05) is 0 Å². The van der Waals surface area contributed by atoms with Gasteiger partial charge < -0.3 is 37.2 Å². The molecule has 33 heavy (non-hydrogen) atoms. The first-order valence-electron chi connectivity index (χ1n) is 9.72. The summed E-state index contributed by atoms with van der Waals surface area (Å²) < 4.78 is 0. The second kappa shape index (κ2) is 11.3. The summed E-state index contributed by atoms with van der Waals surface area (Å²) in [5, 5.41) is 29.5. The van der Waals surface area contributed by atoms with Crippen molar-refractivity contribution in [1.29, 1.82) is 0 Å². The van der Waals surface area contributed by atoms with Gasteiger partial charge in [-0.2, -0.15) is 4.98 Å². The monoisotopic (exact) mass is 509 g/mol. The molecule has 0 aliphatic carbocycles. The Hall–Kier alpha value is -3.67. The summed E-state index contributed by atoms with van der Waals surface area (Å²) in [6.45, 7) is 0.960. The van der Waals surface area contributed by atoms with Crippen LogP contribution in [0.5, 0.6) is 0 Å². The molecule has 1 aromatic carbocycles. The first-order valence-corrected chi connectivity index (χ1v) is 9.72. The number of nitrogens with two attached hydrogens (primary N) is 1. The average Bonchev–Trinajstić information content (AvgIpc) is 2.75. The molecule has 1 aliphatic heterocycles. The Labute approximate surface area is 200 Å². The van der Waals surface area contributed by atoms with Crippen molar-refractivity contribution in [2.45, 2.75) is 24.9 Å². The Balaban J connectivity index is 0.00000385. The van der Waals surface area contributed by atoms with E-state index in [4.69, 9.17) is 15.9 Å². The molecule has 0 fully saturated rings. The summed E-state index contributed by atoms with van der Waals surface area (Å²) >= 11 is 0. The molecule has 2 atom stereocenters. The topological polar surface area (TPSA) is 212 Å². The summed E-state index contributed by atoms with van der Waals surface area (Å²) in [4.78, 5) is 52.6. The van der Waals surface area contributed by atoms with Gasteiger partial charge in [-0.25, -0.2) is 4.79 Å². The van der Waals surface area contributed by atoms with Crippen molar-refractivity contribution < 1.29 is 44.1 Å². The standard InChI is InChI=1S/C19H23N7O6.Zn/c20-19-25-15-14(17(30)26-19)23-11(8-22-15)7-21-10-3-1-9(2-4-10)16(29)24-12(18(31)32)5-6-13(27)28;/h1-4,11-12,21,23H,5-8H2,(H,24,29)(H,27,28)(H,31,32)(H4,20,22,25,26,30);. The molecule has 1 aromatic heterocycles. The van der Waals surface area contributed by atoms with Gasteiger partial charge >= 0.3 is 11.9 Å². The number of aliphatic carboxylic acids is 2. The van der Waals surface area contributed by atoms with Crippen LogP contribution in [0.3, 0.4) is 0 Å². The van der Waals surface area contributed by atoms with E-state index < -0.39 is 23.9 Å². The Kier molecular flexibility index (Phi) is 8.74. The second-order valence-corrected chi connectivity index (χ2v) is 7.15. The normalized spacial score (nSPS) is 15.0. The van der Waals surface area contributed by atoms with Crippen LogP contribution < -0.4 is 32.6 Å². The van der Waals surface area contributed by atoms with E-state index in [-0.39, 0.29) is 55.4 Å². The second-order valence-electron chi connectivity index (χ2n) is 7.15. The zero-order chi connectivity index (χ0) is 23.3. The van der Waals surface area contributed by atoms with Crippen LogP contribution in [-0.2, 0) is 29.1 Å².